The number of amidine groups is 1. The first-order valence-corrected chi connectivity index (χ1v) is 9.57. The molecule has 2 heterocycles. The minimum Gasteiger partial charge on any atom is -0.460 e. The van der Waals surface area contributed by atoms with Crippen LogP contribution in [0.1, 0.15) is 24.9 Å². The molecule has 27 heavy (non-hydrogen) atoms. The van der Waals surface area contributed by atoms with Gasteiger partial charge in [0, 0.05) is 19.0 Å². The fourth-order valence-electron chi connectivity index (χ4n) is 2.82. The van der Waals surface area contributed by atoms with Crippen LogP contribution in [0.3, 0.4) is 0 Å². The second kappa shape index (κ2) is 7.98. The predicted molar refractivity (Wildman–Crippen MR) is 105 cm³/mol. The highest BCUT2D eigenvalue weighted by Gasteiger charge is 2.41. The minimum atomic E-state index is -0.602. The lowest BCUT2D eigenvalue weighted by Gasteiger charge is -2.45. The second-order valence-corrected chi connectivity index (χ2v) is 7.16. The second-order valence-electron chi connectivity index (χ2n) is 5.74. The van der Waals surface area contributed by atoms with Crippen molar-refractivity contribution in [1.82, 2.24) is 10.0 Å². The number of hydrazone groups is 1. The van der Waals surface area contributed by atoms with Gasteiger partial charge in [-0.3, -0.25) is 9.80 Å². The van der Waals surface area contributed by atoms with Crippen molar-refractivity contribution >= 4 is 46.3 Å². The van der Waals surface area contributed by atoms with Gasteiger partial charge in [0.2, 0.25) is 5.91 Å². The summed E-state index contributed by atoms with van der Waals surface area (Å²) in [6.45, 7) is 3.38. The highest BCUT2D eigenvalue weighted by atomic mass is 35.5. The van der Waals surface area contributed by atoms with Crippen LogP contribution < -0.4 is 5.01 Å². The first-order valence-electron chi connectivity index (χ1n) is 8.31. The third kappa shape index (κ3) is 3.77. The number of halogens is 1. The summed E-state index contributed by atoms with van der Waals surface area (Å²) in [7, 11) is 1.62. The number of nitrogens with zero attached hydrogens (tertiary/aromatic N) is 4. The van der Waals surface area contributed by atoms with Crippen LogP contribution in [0.2, 0.25) is 5.02 Å². The molecule has 0 saturated heterocycles. The van der Waals surface area contributed by atoms with Gasteiger partial charge in [-0.15, -0.1) is 16.4 Å². The number of amides is 1. The Morgan fingerprint density at radius 1 is 1.26 bits per heavy atom. The van der Waals surface area contributed by atoms with E-state index >= 15 is 0 Å². The molecule has 9 heteroatoms. The molecule has 1 aliphatic rings. The molecule has 142 valence electrons. The van der Waals surface area contributed by atoms with E-state index in [1.165, 1.54) is 28.3 Å². The third-order valence-electron chi connectivity index (χ3n) is 3.96. The highest BCUT2D eigenvalue weighted by Crippen LogP contribution is 2.37. The summed E-state index contributed by atoms with van der Waals surface area (Å²) < 4.78 is 5.11. The first kappa shape index (κ1) is 19.2. The molecule has 0 aliphatic carbocycles. The molecule has 0 saturated carbocycles. The number of rotatable bonds is 4. The normalized spacial score (nSPS) is 17.0. The molecule has 1 aliphatic heterocycles. The van der Waals surface area contributed by atoms with E-state index in [9.17, 15) is 9.59 Å². The number of benzene rings is 1. The summed E-state index contributed by atoms with van der Waals surface area (Å²) in [5.41, 5.74) is 0.693. The van der Waals surface area contributed by atoms with Gasteiger partial charge in [-0.05, 0) is 42.6 Å². The van der Waals surface area contributed by atoms with Crippen LogP contribution in [0.5, 0.6) is 0 Å². The van der Waals surface area contributed by atoms with Crippen LogP contribution in [0.15, 0.2) is 46.9 Å². The predicted octanol–water partition coefficient (Wildman–Crippen LogP) is 3.49. The summed E-state index contributed by atoms with van der Waals surface area (Å²) in [5.74, 6) is -0.809. The average Bonchev–Trinajstić information content (AvgIpc) is 3.16. The lowest BCUT2D eigenvalue weighted by atomic mass is 10.2. The Labute approximate surface area is 166 Å². The van der Waals surface area contributed by atoms with E-state index in [-0.39, 0.29) is 18.3 Å². The van der Waals surface area contributed by atoms with Gasteiger partial charge in [0.1, 0.15) is 0 Å². The van der Waals surface area contributed by atoms with Crippen LogP contribution in [0, 0.1) is 0 Å². The largest absolute Gasteiger partial charge is 0.460 e. The molecular weight excluding hydrogens is 388 g/mol. The van der Waals surface area contributed by atoms with E-state index in [1.54, 1.807) is 43.2 Å². The van der Waals surface area contributed by atoms with Gasteiger partial charge in [-0.25, -0.2) is 14.8 Å². The Kier molecular flexibility index (Phi) is 5.67. The Morgan fingerprint density at radius 2 is 1.96 bits per heavy atom. The van der Waals surface area contributed by atoms with Crippen LogP contribution >= 0.6 is 22.9 Å². The SMILES string of the molecule is CCOC(=O)C1=NN(c2ccc(Cl)cc2)[C@@H](c2cccs2)N(C(C)=O)N1C. The van der Waals surface area contributed by atoms with Gasteiger partial charge in [0.25, 0.3) is 5.84 Å². The van der Waals surface area contributed by atoms with Crippen LogP contribution in [-0.4, -0.2) is 41.4 Å². The molecule has 0 spiro atoms. The quantitative estimate of drug-likeness (QED) is 0.727. The lowest BCUT2D eigenvalue weighted by molar-refractivity contribution is -0.147. The molecule has 0 unspecified atom stereocenters. The molecular formula is C18H19ClN4O3S. The molecule has 2 aromatic rings. The van der Waals surface area contributed by atoms with E-state index in [1.807, 2.05) is 17.5 Å². The molecule has 1 atom stereocenters. The number of hydrazine groups is 1. The number of anilines is 1. The van der Waals surface area contributed by atoms with E-state index in [2.05, 4.69) is 5.10 Å². The lowest BCUT2D eigenvalue weighted by Crippen LogP contribution is -2.58. The summed E-state index contributed by atoms with van der Waals surface area (Å²) in [6, 6.07) is 10.9. The number of esters is 1. The monoisotopic (exact) mass is 406 g/mol. The van der Waals surface area contributed by atoms with Gasteiger partial charge in [0.15, 0.2) is 6.17 Å². The van der Waals surface area contributed by atoms with Crippen molar-refractivity contribution in [3.05, 3.63) is 51.7 Å². The van der Waals surface area contributed by atoms with Crippen molar-refractivity contribution in [2.75, 3.05) is 18.7 Å². The smallest absolute Gasteiger partial charge is 0.377 e. The average molecular weight is 407 g/mol. The topological polar surface area (TPSA) is 65.5 Å². The zero-order valence-corrected chi connectivity index (χ0v) is 16.7. The fourth-order valence-corrected chi connectivity index (χ4v) is 3.73. The molecule has 0 N–H and O–H groups in total. The standard InChI is InChI=1S/C18H19ClN4O3S/c1-4-26-18(25)16-20-22(14-9-7-13(19)8-10-14)17(15-6-5-11-27-15)23(12(2)24)21(16)3/h5-11,17H,4H2,1-3H3/t17-/m1/s1. The van der Waals surface area contributed by atoms with Crippen molar-refractivity contribution in [3.63, 3.8) is 0 Å². The van der Waals surface area contributed by atoms with Crippen molar-refractivity contribution in [3.8, 4) is 0 Å². The molecule has 0 fully saturated rings. The van der Waals surface area contributed by atoms with Crippen LogP contribution in [0.4, 0.5) is 5.69 Å². The zero-order chi connectivity index (χ0) is 19.6. The Hall–Kier alpha value is -2.58. The number of hydrogen-bond acceptors (Lipinski definition) is 7. The van der Waals surface area contributed by atoms with Gasteiger partial charge in [-0.1, -0.05) is 17.7 Å². The van der Waals surface area contributed by atoms with Crippen molar-refractivity contribution in [1.29, 1.82) is 0 Å². The maximum atomic E-state index is 12.5. The number of likely N-dealkylation sites (N-methyl/N-ethyl adjacent to an activating group) is 1. The highest BCUT2D eigenvalue weighted by molar-refractivity contribution is 7.10. The van der Waals surface area contributed by atoms with E-state index in [0.717, 1.165) is 4.88 Å². The van der Waals surface area contributed by atoms with Gasteiger partial charge in [0.05, 0.1) is 17.2 Å². The van der Waals surface area contributed by atoms with E-state index in [4.69, 9.17) is 16.3 Å². The van der Waals surface area contributed by atoms with Gasteiger partial charge in [-0.2, -0.15) is 0 Å². The summed E-state index contributed by atoms with van der Waals surface area (Å²) >= 11 is 7.51. The fraction of sp³-hybridized carbons (Fsp3) is 0.278. The summed E-state index contributed by atoms with van der Waals surface area (Å²) in [4.78, 5) is 25.8. The zero-order valence-electron chi connectivity index (χ0n) is 15.1. The van der Waals surface area contributed by atoms with E-state index < -0.39 is 12.1 Å². The summed E-state index contributed by atoms with van der Waals surface area (Å²) in [5, 5.41) is 11.6. The number of ether oxygens (including phenoxy) is 1. The van der Waals surface area contributed by atoms with Crippen molar-refractivity contribution in [2.24, 2.45) is 5.10 Å². The molecule has 1 amide bonds. The number of carbonyl (C=O) groups is 2. The van der Waals surface area contributed by atoms with E-state index in [0.29, 0.717) is 10.7 Å². The van der Waals surface area contributed by atoms with Gasteiger partial charge >= 0.3 is 5.97 Å². The molecule has 7 nitrogen and oxygen atoms in total. The molecule has 1 aromatic heterocycles. The van der Waals surface area contributed by atoms with Crippen LogP contribution in [-0.2, 0) is 14.3 Å². The first-order chi connectivity index (χ1) is 12.9. The maximum absolute atomic E-state index is 12.5. The number of carbonyl (C=O) groups excluding carboxylic acids is 2. The Morgan fingerprint density at radius 3 is 2.52 bits per heavy atom. The summed E-state index contributed by atoms with van der Waals surface area (Å²) in [6.07, 6.45) is -0.535. The number of hydrogen-bond donors (Lipinski definition) is 0. The number of thiophene rings is 1. The molecule has 1 aromatic carbocycles. The molecule has 0 bridgehead atoms. The van der Waals surface area contributed by atoms with Crippen molar-refractivity contribution in [2.45, 2.75) is 20.0 Å². The maximum Gasteiger partial charge on any atom is 0.377 e. The molecule has 0 radical (unpaired) electrons. The Balaban J connectivity index is 2.17. The third-order valence-corrected chi connectivity index (χ3v) is 5.13. The van der Waals surface area contributed by atoms with Crippen LogP contribution in [0.25, 0.3) is 0 Å². The van der Waals surface area contributed by atoms with Crippen molar-refractivity contribution < 1.29 is 14.3 Å². The Bertz CT molecular complexity index is 854. The van der Waals surface area contributed by atoms with Gasteiger partial charge < -0.3 is 4.74 Å². The minimum absolute atomic E-state index is 0.0230. The molecule has 3 rings (SSSR count).